The molecule has 28 heavy (non-hydrogen) atoms. The van der Waals surface area contributed by atoms with Gasteiger partial charge in [-0.2, -0.15) is 4.31 Å². The molecule has 1 heterocycles. The van der Waals surface area contributed by atoms with E-state index in [0.29, 0.717) is 23.5 Å². The molecule has 4 rings (SSSR count). The normalized spacial score (nSPS) is 32.7. The quantitative estimate of drug-likeness (QED) is 0.584. The van der Waals surface area contributed by atoms with Crippen LogP contribution in [-0.2, 0) is 14.8 Å². The van der Waals surface area contributed by atoms with Crippen molar-refractivity contribution < 1.29 is 18.3 Å². The number of hydrogen-bond donors (Lipinski definition) is 3. The van der Waals surface area contributed by atoms with Crippen LogP contribution in [0.3, 0.4) is 0 Å². The van der Waals surface area contributed by atoms with Crippen molar-refractivity contribution in [2.45, 2.75) is 36.6 Å². The molecule has 3 fully saturated rings. The number of anilines is 1. The number of aliphatic hydroxyl groups excluding tert-OH is 1. The fourth-order valence-electron chi connectivity index (χ4n) is 4.87. The molecular weight excluding hydrogens is 446 g/mol. The molecule has 2 saturated carbocycles. The van der Waals surface area contributed by atoms with Crippen LogP contribution in [0.25, 0.3) is 0 Å². The molecule has 7 nitrogen and oxygen atoms in total. The molecule has 3 aliphatic rings. The minimum absolute atomic E-state index is 0.0674. The number of hydrogen-bond acceptors (Lipinski definition) is 5. The highest BCUT2D eigenvalue weighted by atomic mass is 79.9. The minimum atomic E-state index is -3.61. The van der Waals surface area contributed by atoms with Crippen molar-refractivity contribution in [3.8, 4) is 0 Å². The molecule has 154 valence electrons. The third-order valence-corrected chi connectivity index (χ3v) is 9.26. The number of nitrogens with zero attached hydrogens (tertiary/aromatic N) is 1. The standard InChI is InChI=1S/C19H26BrN3O4S/c20-16-7-13(22-12-3-1-2-11(6-12)10-24)4-5-17(16)28(26,27)23-8-14-15(9-23)18(14)19(21)25/h4-5,7,11-12,14-15,18,22,24H,1-3,6,8-10H2,(H2,21,25)/t11-,12+,14-,15+,18?/m0/s1. The molecule has 1 saturated heterocycles. The van der Waals surface area contributed by atoms with Gasteiger partial charge in [0.2, 0.25) is 15.9 Å². The maximum atomic E-state index is 13.0. The summed E-state index contributed by atoms with van der Waals surface area (Å²) in [6.45, 7) is 0.933. The second-order valence-electron chi connectivity index (χ2n) is 8.28. The Morgan fingerprint density at radius 2 is 2.00 bits per heavy atom. The maximum Gasteiger partial charge on any atom is 0.244 e. The number of halogens is 1. The summed E-state index contributed by atoms with van der Waals surface area (Å²) < 4.78 is 28.0. The first kappa shape index (κ1) is 20.1. The number of piperidine rings is 1. The predicted octanol–water partition coefficient (Wildman–Crippen LogP) is 1.76. The van der Waals surface area contributed by atoms with Gasteiger partial charge in [-0.1, -0.05) is 6.42 Å². The van der Waals surface area contributed by atoms with Crippen molar-refractivity contribution >= 4 is 37.5 Å². The van der Waals surface area contributed by atoms with Crippen LogP contribution in [0, 0.1) is 23.7 Å². The van der Waals surface area contributed by atoms with Crippen molar-refractivity contribution in [2.24, 2.45) is 29.4 Å². The second kappa shape index (κ2) is 7.59. The maximum absolute atomic E-state index is 13.0. The first-order valence-corrected chi connectivity index (χ1v) is 12.0. The molecule has 1 amide bonds. The molecule has 1 aromatic rings. The second-order valence-corrected chi connectivity index (χ2v) is 11.0. The molecule has 1 aliphatic heterocycles. The Balaban J connectivity index is 1.44. The van der Waals surface area contributed by atoms with E-state index in [-0.39, 0.29) is 41.2 Å². The van der Waals surface area contributed by atoms with E-state index in [2.05, 4.69) is 21.2 Å². The topological polar surface area (TPSA) is 113 Å². The fourth-order valence-corrected chi connectivity index (χ4v) is 7.42. The Bertz CT molecular complexity index is 866. The summed E-state index contributed by atoms with van der Waals surface area (Å²) in [5.41, 5.74) is 6.22. The molecule has 0 spiro atoms. The molecule has 0 aromatic heterocycles. The Morgan fingerprint density at radius 3 is 2.61 bits per heavy atom. The number of carbonyl (C=O) groups is 1. The number of aliphatic hydroxyl groups is 1. The Kier molecular flexibility index (Phi) is 5.45. The number of amides is 1. The van der Waals surface area contributed by atoms with Gasteiger partial charge in [0, 0.05) is 41.8 Å². The molecular formula is C19H26BrN3O4S. The summed E-state index contributed by atoms with van der Waals surface area (Å²) in [6.07, 6.45) is 4.11. The van der Waals surface area contributed by atoms with Crippen LogP contribution in [0.5, 0.6) is 0 Å². The molecule has 5 atom stereocenters. The van der Waals surface area contributed by atoms with Gasteiger partial charge in [0.25, 0.3) is 0 Å². The Labute approximate surface area is 173 Å². The van der Waals surface area contributed by atoms with E-state index in [1.165, 1.54) is 4.31 Å². The van der Waals surface area contributed by atoms with E-state index in [1.54, 1.807) is 18.2 Å². The molecule has 9 heteroatoms. The van der Waals surface area contributed by atoms with Crippen LogP contribution < -0.4 is 11.1 Å². The van der Waals surface area contributed by atoms with E-state index in [0.717, 1.165) is 31.4 Å². The van der Waals surface area contributed by atoms with Gasteiger partial charge >= 0.3 is 0 Å². The average Bonchev–Trinajstić information content (AvgIpc) is 3.16. The van der Waals surface area contributed by atoms with Crippen molar-refractivity contribution in [2.75, 3.05) is 25.0 Å². The van der Waals surface area contributed by atoms with Gasteiger partial charge in [0.1, 0.15) is 0 Å². The summed E-state index contributed by atoms with van der Waals surface area (Å²) in [6, 6.07) is 5.52. The summed E-state index contributed by atoms with van der Waals surface area (Å²) in [5.74, 6) is -0.0230. The van der Waals surface area contributed by atoms with Crippen LogP contribution in [0.1, 0.15) is 25.7 Å². The van der Waals surface area contributed by atoms with Gasteiger partial charge in [-0.25, -0.2) is 8.42 Å². The lowest BCUT2D eigenvalue weighted by Gasteiger charge is -2.29. The van der Waals surface area contributed by atoms with E-state index >= 15 is 0 Å². The SMILES string of the molecule is NC(=O)C1[C@H]2CN(S(=O)(=O)c3ccc(N[C@@H]4CCC[C@H](CO)C4)cc3Br)C[C@@H]12. The highest BCUT2D eigenvalue weighted by Crippen LogP contribution is 2.52. The van der Waals surface area contributed by atoms with Gasteiger partial charge in [0.15, 0.2) is 0 Å². The third-order valence-electron chi connectivity index (χ3n) is 6.45. The molecule has 0 radical (unpaired) electrons. The number of carbonyl (C=O) groups excluding carboxylic acids is 1. The number of nitrogens with two attached hydrogens (primary N) is 1. The van der Waals surface area contributed by atoms with Crippen molar-refractivity contribution in [3.05, 3.63) is 22.7 Å². The number of rotatable bonds is 6. The zero-order valence-electron chi connectivity index (χ0n) is 15.6. The molecule has 1 unspecified atom stereocenters. The number of benzene rings is 1. The molecule has 1 aromatic carbocycles. The van der Waals surface area contributed by atoms with Crippen LogP contribution in [0.15, 0.2) is 27.6 Å². The Hall–Kier alpha value is -1.16. The van der Waals surface area contributed by atoms with Crippen molar-refractivity contribution in [1.29, 1.82) is 0 Å². The Morgan fingerprint density at radius 1 is 1.29 bits per heavy atom. The lowest BCUT2D eigenvalue weighted by molar-refractivity contribution is -0.120. The average molecular weight is 472 g/mol. The van der Waals surface area contributed by atoms with E-state index in [9.17, 15) is 18.3 Å². The van der Waals surface area contributed by atoms with Crippen LogP contribution in [0.2, 0.25) is 0 Å². The van der Waals surface area contributed by atoms with E-state index in [1.807, 2.05) is 0 Å². The zero-order chi connectivity index (χ0) is 20.1. The summed E-state index contributed by atoms with van der Waals surface area (Å²) in [7, 11) is -3.61. The van der Waals surface area contributed by atoms with Crippen molar-refractivity contribution in [3.63, 3.8) is 0 Å². The molecule has 2 aliphatic carbocycles. The monoisotopic (exact) mass is 471 g/mol. The number of nitrogens with one attached hydrogen (secondary N) is 1. The first-order chi connectivity index (χ1) is 13.3. The lowest BCUT2D eigenvalue weighted by Crippen LogP contribution is -2.34. The highest BCUT2D eigenvalue weighted by Gasteiger charge is 2.60. The number of fused-ring (bicyclic) bond motifs is 1. The fraction of sp³-hybridized carbons (Fsp3) is 0.632. The van der Waals surface area contributed by atoms with Gasteiger partial charge in [-0.05, 0) is 71.1 Å². The largest absolute Gasteiger partial charge is 0.396 e. The van der Waals surface area contributed by atoms with Gasteiger partial charge in [0.05, 0.1) is 4.90 Å². The first-order valence-electron chi connectivity index (χ1n) is 9.77. The lowest BCUT2D eigenvalue weighted by atomic mass is 9.86. The van der Waals surface area contributed by atoms with Gasteiger partial charge in [-0.15, -0.1) is 0 Å². The molecule has 0 bridgehead atoms. The molecule has 4 N–H and O–H groups in total. The van der Waals surface area contributed by atoms with Crippen molar-refractivity contribution in [1.82, 2.24) is 4.31 Å². The van der Waals surface area contributed by atoms with Crippen LogP contribution in [0.4, 0.5) is 5.69 Å². The summed E-state index contributed by atoms with van der Waals surface area (Å²) >= 11 is 3.42. The zero-order valence-corrected chi connectivity index (χ0v) is 18.0. The third kappa shape index (κ3) is 3.69. The van der Waals surface area contributed by atoms with Crippen LogP contribution >= 0.6 is 15.9 Å². The number of sulfonamides is 1. The van der Waals surface area contributed by atoms with E-state index in [4.69, 9.17) is 5.73 Å². The summed E-state index contributed by atoms with van der Waals surface area (Å²) in [5, 5.41) is 12.9. The predicted molar refractivity (Wildman–Crippen MR) is 109 cm³/mol. The minimum Gasteiger partial charge on any atom is -0.396 e. The van der Waals surface area contributed by atoms with Gasteiger partial charge < -0.3 is 16.2 Å². The smallest absolute Gasteiger partial charge is 0.244 e. The van der Waals surface area contributed by atoms with E-state index < -0.39 is 10.0 Å². The van der Waals surface area contributed by atoms with Crippen LogP contribution in [-0.4, -0.2) is 49.5 Å². The number of primary amides is 1. The highest BCUT2D eigenvalue weighted by molar-refractivity contribution is 9.10. The van der Waals surface area contributed by atoms with Gasteiger partial charge in [-0.3, -0.25) is 4.79 Å². The summed E-state index contributed by atoms with van der Waals surface area (Å²) in [4.78, 5) is 11.6.